The molecule has 96 valence electrons. The second-order valence-electron chi connectivity index (χ2n) is 5.28. The highest BCUT2D eigenvalue weighted by Crippen LogP contribution is 2.57. The third-order valence-corrected chi connectivity index (χ3v) is 4.24. The molecule has 3 N–H and O–H groups in total. The van der Waals surface area contributed by atoms with Gasteiger partial charge in [0, 0.05) is 23.7 Å². The summed E-state index contributed by atoms with van der Waals surface area (Å²) in [4.78, 5) is 12.0. The normalized spacial score (nSPS) is 28.9. The molecule has 0 bridgehead atoms. The van der Waals surface area contributed by atoms with Crippen LogP contribution in [-0.2, 0) is 11.3 Å². The number of carbonyl (C=O) groups excluding carboxylic acids is 1. The molecule has 0 aliphatic heterocycles. The Morgan fingerprint density at radius 3 is 2.78 bits per heavy atom. The van der Waals surface area contributed by atoms with Crippen molar-refractivity contribution in [2.45, 2.75) is 25.8 Å². The van der Waals surface area contributed by atoms with E-state index in [2.05, 4.69) is 5.32 Å². The predicted octanol–water partition coefficient (Wildman–Crippen LogP) is 2.27. The van der Waals surface area contributed by atoms with Gasteiger partial charge in [-0.3, -0.25) is 4.79 Å². The minimum absolute atomic E-state index is 0.0827. The molecule has 0 saturated heterocycles. The van der Waals surface area contributed by atoms with Gasteiger partial charge in [0.05, 0.1) is 0 Å². The smallest absolute Gasteiger partial charge is 0.228 e. The van der Waals surface area contributed by atoms with E-state index in [1.807, 2.05) is 0 Å². The van der Waals surface area contributed by atoms with Crippen LogP contribution in [0.25, 0.3) is 0 Å². The molecule has 2 unspecified atom stereocenters. The lowest BCUT2D eigenvalue weighted by Crippen LogP contribution is -2.17. The number of nitrogens with one attached hydrogen (secondary N) is 1. The molecule has 2 aliphatic carbocycles. The van der Waals surface area contributed by atoms with Crippen molar-refractivity contribution in [3.8, 4) is 0 Å². The Kier molecular flexibility index (Phi) is 2.82. The molecule has 3 rings (SSSR count). The highest BCUT2D eigenvalue weighted by molar-refractivity contribution is 5.95. The van der Waals surface area contributed by atoms with Crippen LogP contribution >= 0.6 is 0 Å². The summed E-state index contributed by atoms with van der Waals surface area (Å²) in [7, 11) is 0. The van der Waals surface area contributed by atoms with Gasteiger partial charge >= 0.3 is 0 Å². The second-order valence-corrected chi connectivity index (χ2v) is 5.28. The molecular formula is C14H17FN2O. The van der Waals surface area contributed by atoms with E-state index in [1.54, 1.807) is 12.1 Å². The van der Waals surface area contributed by atoms with Gasteiger partial charge in [-0.25, -0.2) is 4.39 Å². The highest BCUT2D eigenvalue weighted by atomic mass is 19.1. The number of halogens is 1. The summed E-state index contributed by atoms with van der Waals surface area (Å²) in [5.74, 6) is 1.14. The number of nitrogens with two attached hydrogens (primary N) is 1. The van der Waals surface area contributed by atoms with E-state index >= 15 is 0 Å². The predicted molar refractivity (Wildman–Crippen MR) is 67.2 cm³/mol. The fourth-order valence-corrected chi connectivity index (χ4v) is 3.24. The minimum atomic E-state index is -0.321. The topological polar surface area (TPSA) is 55.1 Å². The molecule has 2 saturated carbocycles. The maximum Gasteiger partial charge on any atom is 0.228 e. The quantitative estimate of drug-likeness (QED) is 0.862. The zero-order valence-corrected chi connectivity index (χ0v) is 10.2. The van der Waals surface area contributed by atoms with Crippen LogP contribution in [0.5, 0.6) is 0 Å². The first kappa shape index (κ1) is 11.7. The van der Waals surface area contributed by atoms with Crippen LogP contribution in [-0.4, -0.2) is 5.91 Å². The molecule has 0 aromatic heterocycles. The average Bonchev–Trinajstić information content (AvgIpc) is 2.86. The van der Waals surface area contributed by atoms with Gasteiger partial charge in [0.25, 0.3) is 0 Å². The third-order valence-electron chi connectivity index (χ3n) is 4.24. The van der Waals surface area contributed by atoms with Crippen LogP contribution < -0.4 is 11.1 Å². The summed E-state index contributed by atoms with van der Waals surface area (Å²) in [6, 6.07) is 4.56. The number of carbonyl (C=O) groups is 1. The number of fused-ring (bicyclic) bond motifs is 1. The van der Waals surface area contributed by atoms with E-state index in [0.717, 1.165) is 0 Å². The molecule has 0 heterocycles. The highest BCUT2D eigenvalue weighted by Gasteiger charge is 2.56. The lowest BCUT2D eigenvalue weighted by molar-refractivity contribution is -0.118. The molecule has 2 aliphatic rings. The maximum absolute atomic E-state index is 13.3. The van der Waals surface area contributed by atoms with Crippen molar-refractivity contribution in [1.29, 1.82) is 0 Å². The second kappa shape index (κ2) is 4.35. The standard InChI is InChI=1S/C14H17FN2O/c15-12-5-4-9(6-8(12)7-16)17-14(18)13-10-2-1-3-11(10)13/h4-6,10-11,13H,1-3,7,16H2,(H,17,18). The number of rotatable bonds is 3. The zero-order chi connectivity index (χ0) is 12.7. The Morgan fingerprint density at radius 2 is 2.11 bits per heavy atom. The number of hydrogen-bond donors (Lipinski definition) is 2. The Bertz CT molecular complexity index is 479. The van der Waals surface area contributed by atoms with Gasteiger partial charge in [-0.05, 0) is 42.9 Å². The van der Waals surface area contributed by atoms with Crippen molar-refractivity contribution in [3.05, 3.63) is 29.6 Å². The molecular weight excluding hydrogens is 231 g/mol. The van der Waals surface area contributed by atoms with Crippen LogP contribution in [0, 0.1) is 23.6 Å². The lowest BCUT2D eigenvalue weighted by atomic mass is 10.1. The van der Waals surface area contributed by atoms with Crippen molar-refractivity contribution in [2.24, 2.45) is 23.5 Å². The Hall–Kier alpha value is -1.42. The molecule has 2 fully saturated rings. The fraction of sp³-hybridized carbons (Fsp3) is 0.500. The molecule has 0 spiro atoms. The Morgan fingerprint density at radius 1 is 1.39 bits per heavy atom. The van der Waals surface area contributed by atoms with Gasteiger partial charge in [0.15, 0.2) is 0 Å². The molecule has 4 heteroatoms. The maximum atomic E-state index is 13.3. The van der Waals surface area contributed by atoms with Crippen molar-refractivity contribution >= 4 is 11.6 Å². The van der Waals surface area contributed by atoms with Gasteiger partial charge in [-0.1, -0.05) is 6.42 Å². The molecule has 1 amide bonds. The number of hydrogen-bond acceptors (Lipinski definition) is 2. The van der Waals surface area contributed by atoms with Gasteiger partial charge in [0.2, 0.25) is 5.91 Å². The summed E-state index contributed by atoms with van der Waals surface area (Å²) in [5, 5.41) is 2.87. The van der Waals surface area contributed by atoms with Gasteiger partial charge in [-0.2, -0.15) is 0 Å². The molecule has 1 aromatic rings. The van der Waals surface area contributed by atoms with Gasteiger partial charge in [0.1, 0.15) is 5.82 Å². The van der Waals surface area contributed by atoms with Crippen LogP contribution in [0.3, 0.4) is 0 Å². The van der Waals surface area contributed by atoms with Crippen LogP contribution in [0.4, 0.5) is 10.1 Å². The van der Waals surface area contributed by atoms with Crippen LogP contribution in [0.2, 0.25) is 0 Å². The first-order valence-corrected chi connectivity index (χ1v) is 6.50. The van der Waals surface area contributed by atoms with Gasteiger partial charge in [-0.15, -0.1) is 0 Å². The van der Waals surface area contributed by atoms with Crippen molar-refractivity contribution < 1.29 is 9.18 Å². The van der Waals surface area contributed by atoms with E-state index in [-0.39, 0.29) is 24.2 Å². The largest absolute Gasteiger partial charge is 0.326 e. The van der Waals surface area contributed by atoms with E-state index in [0.29, 0.717) is 23.1 Å². The third kappa shape index (κ3) is 1.90. The number of anilines is 1. The summed E-state index contributed by atoms with van der Waals surface area (Å²) in [5.41, 5.74) is 6.52. The molecule has 3 nitrogen and oxygen atoms in total. The van der Waals surface area contributed by atoms with Gasteiger partial charge < -0.3 is 11.1 Å². The zero-order valence-electron chi connectivity index (χ0n) is 10.2. The van der Waals surface area contributed by atoms with E-state index in [4.69, 9.17) is 5.73 Å². The SMILES string of the molecule is NCc1cc(NC(=O)C2C3CCCC32)ccc1F. The molecule has 0 radical (unpaired) electrons. The lowest BCUT2D eigenvalue weighted by Gasteiger charge is -2.08. The first-order valence-electron chi connectivity index (χ1n) is 6.50. The molecule has 1 aromatic carbocycles. The van der Waals surface area contributed by atoms with Crippen molar-refractivity contribution in [1.82, 2.24) is 0 Å². The summed E-state index contributed by atoms with van der Waals surface area (Å²) in [6.45, 7) is 0.143. The van der Waals surface area contributed by atoms with E-state index in [1.165, 1.54) is 25.3 Å². The number of amides is 1. The Balaban J connectivity index is 1.67. The number of benzene rings is 1. The molecule has 2 atom stereocenters. The average molecular weight is 248 g/mol. The Labute approximate surface area is 106 Å². The van der Waals surface area contributed by atoms with Crippen molar-refractivity contribution in [3.63, 3.8) is 0 Å². The first-order chi connectivity index (χ1) is 8.70. The monoisotopic (exact) mass is 248 g/mol. The fourth-order valence-electron chi connectivity index (χ4n) is 3.24. The minimum Gasteiger partial charge on any atom is -0.326 e. The summed E-state index contributed by atoms with van der Waals surface area (Å²) >= 11 is 0. The van der Waals surface area contributed by atoms with Crippen LogP contribution in [0.15, 0.2) is 18.2 Å². The summed E-state index contributed by atoms with van der Waals surface area (Å²) < 4.78 is 13.3. The molecule has 18 heavy (non-hydrogen) atoms. The summed E-state index contributed by atoms with van der Waals surface area (Å²) in [6.07, 6.45) is 3.62. The van der Waals surface area contributed by atoms with E-state index < -0.39 is 0 Å². The van der Waals surface area contributed by atoms with E-state index in [9.17, 15) is 9.18 Å². The van der Waals surface area contributed by atoms with Crippen LogP contribution in [0.1, 0.15) is 24.8 Å². The van der Waals surface area contributed by atoms with Crippen molar-refractivity contribution in [2.75, 3.05) is 5.32 Å².